The third-order valence-electron chi connectivity index (χ3n) is 1.96. The Kier molecular flexibility index (Phi) is 2.54. The van der Waals surface area contributed by atoms with Gasteiger partial charge in [-0.1, -0.05) is 16.8 Å². The van der Waals surface area contributed by atoms with Crippen LogP contribution in [-0.2, 0) is 0 Å². The smallest absolute Gasteiger partial charge is 0.374 e. The molecule has 0 bridgehead atoms. The van der Waals surface area contributed by atoms with E-state index in [9.17, 15) is 9.90 Å². The number of hydrogen-bond donors (Lipinski definition) is 2. The van der Waals surface area contributed by atoms with Gasteiger partial charge in [0.1, 0.15) is 11.4 Å². The molecule has 2 rings (SSSR count). The lowest BCUT2D eigenvalue weighted by molar-refractivity contribution is 0.0652. The number of rotatable bonds is 2. The van der Waals surface area contributed by atoms with E-state index in [1.807, 2.05) is 0 Å². The zero-order chi connectivity index (χ0) is 11.7. The Hall–Kier alpha value is -2.01. The highest BCUT2D eigenvalue weighted by molar-refractivity contribution is 6.30. The summed E-state index contributed by atoms with van der Waals surface area (Å²) >= 11 is 5.75. The highest BCUT2D eigenvalue weighted by Crippen LogP contribution is 2.31. The third kappa shape index (κ3) is 1.85. The van der Waals surface area contributed by atoms with Gasteiger partial charge in [0.25, 0.3) is 0 Å². The molecule has 0 amide bonds. The average molecular weight is 240 g/mol. The Bertz CT molecular complexity index is 550. The van der Waals surface area contributed by atoms with Crippen LogP contribution in [-0.4, -0.2) is 21.3 Å². The summed E-state index contributed by atoms with van der Waals surface area (Å²) in [5.41, 5.74) is 0.543. The summed E-state index contributed by atoms with van der Waals surface area (Å²) in [6, 6.07) is 5.60. The SMILES string of the molecule is O=C(O)c1cc(-c2cc(Cl)ccc2O)no1. The maximum atomic E-state index is 10.6. The van der Waals surface area contributed by atoms with E-state index in [2.05, 4.69) is 9.68 Å². The van der Waals surface area contributed by atoms with Gasteiger partial charge in [0, 0.05) is 16.7 Å². The van der Waals surface area contributed by atoms with Gasteiger partial charge in [-0.3, -0.25) is 0 Å². The number of phenolic OH excluding ortho intramolecular Hbond substituents is 1. The molecule has 2 N–H and O–H groups in total. The number of aromatic carboxylic acids is 1. The largest absolute Gasteiger partial charge is 0.507 e. The Morgan fingerprint density at radius 3 is 2.75 bits per heavy atom. The van der Waals surface area contributed by atoms with Crippen molar-refractivity contribution in [2.45, 2.75) is 0 Å². The van der Waals surface area contributed by atoms with Crippen LogP contribution >= 0.6 is 11.6 Å². The van der Waals surface area contributed by atoms with Crippen LogP contribution in [0.3, 0.4) is 0 Å². The lowest BCUT2D eigenvalue weighted by Crippen LogP contribution is -1.91. The van der Waals surface area contributed by atoms with Crippen LogP contribution in [0, 0.1) is 0 Å². The van der Waals surface area contributed by atoms with Crippen LogP contribution in [0.1, 0.15) is 10.6 Å². The van der Waals surface area contributed by atoms with Crippen LogP contribution in [0.25, 0.3) is 11.3 Å². The quantitative estimate of drug-likeness (QED) is 0.841. The zero-order valence-corrected chi connectivity index (χ0v) is 8.60. The number of halogens is 1. The summed E-state index contributed by atoms with van der Waals surface area (Å²) < 4.78 is 4.57. The maximum absolute atomic E-state index is 10.6. The Balaban J connectivity index is 2.50. The van der Waals surface area contributed by atoms with E-state index in [0.717, 1.165) is 0 Å². The molecular weight excluding hydrogens is 234 g/mol. The van der Waals surface area contributed by atoms with Crippen molar-refractivity contribution in [3.63, 3.8) is 0 Å². The second-order valence-electron chi connectivity index (χ2n) is 3.04. The molecule has 0 aliphatic rings. The molecule has 0 radical (unpaired) electrons. The van der Waals surface area contributed by atoms with Crippen molar-refractivity contribution in [1.29, 1.82) is 0 Å². The standard InChI is InChI=1S/C10H6ClNO4/c11-5-1-2-8(13)6(3-5)7-4-9(10(14)15)16-12-7/h1-4,13H,(H,14,15). The molecule has 0 saturated heterocycles. The fourth-order valence-corrected chi connectivity index (χ4v) is 1.39. The van der Waals surface area contributed by atoms with Crippen molar-refractivity contribution in [1.82, 2.24) is 5.16 Å². The monoisotopic (exact) mass is 239 g/mol. The molecule has 0 atom stereocenters. The molecule has 0 aliphatic heterocycles. The van der Waals surface area contributed by atoms with Crippen LogP contribution in [0.4, 0.5) is 0 Å². The number of carboxylic acids is 1. The van der Waals surface area contributed by atoms with Crippen molar-refractivity contribution in [3.8, 4) is 17.0 Å². The predicted molar refractivity (Wildman–Crippen MR) is 55.6 cm³/mol. The number of aromatic nitrogens is 1. The lowest BCUT2D eigenvalue weighted by atomic mass is 10.1. The van der Waals surface area contributed by atoms with Crippen LogP contribution in [0.2, 0.25) is 5.02 Å². The van der Waals surface area contributed by atoms with Gasteiger partial charge in [-0.25, -0.2) is 4.79 Å². The van der Waals surface area contributed by atoms with E-state index >= 15 is 0 Å². The molecular formula is C10H6ClNO4. The number of carbonyl (C=O) groups is 1. The molecule has 6 heteroatoms. The molecule has 0 spiro atoms. The van der Waals surface area contributed by atoms with E-state index in [1.54, 1.807) is 0 Å². The molecule has 0 fully saturated rings. The van der Waals surface area contributed by atoms with Crippen LogP contribution < -0.4 is 0 Å². The zero-order valence-electron chi connectivity index (χ0n) is 7.85. The van der Waals surface area contributed by atoms with Gasteiger partial charge in [-0.15, -0.1) is 0 Å². The Morgan fingerprint density at radius 1 is 1.38 bits per heavy atom. The van der Waals surface area contributed by atoms with Crippen LogP contribution in [0.15, 0.2) is 28.8 Å². The molecule has 16 heavy (non-hydrogen) atoms. The molecule has 0 saturated carbocycles. The summed E-state index contributed by atoms with van der Waals surface area (Å²) in [4.78, 5) is 10.6. The number of nitrogens with zero attached hydrogens (tertiary/aromatic N) is 1. The van der Waals surface area contributed by atoms with Crippen molar-refractivity contribution in [2.24, 2.45) is 0 Å². The second kappa shape index (κ2) is 3.86. The van der Waals surface area contributed by atoms with Crippen LogP contribution in [0.5, 0.6) is 5.75 Å². The first-order valence-corrected chi connectivity index (χ1v) is 4.64. The summed E-state index contributed by atoms with van der Waals surface area (Å²) in [5.74, 6) is -1.57. The summed E-state index contributed by atoms with van der Waals surface area (Å²) in [6.07, 6.45) is 0. The molecule has 1 aromatic heterocycles. The fourth-order valence-electron chi connectivity index (χ4n) is 1.22. The topological polar surface area (TPSA) is 83.6 Å². The molecule has 0 aliphatic carbocycles. The number of carboxylic acid groups (broad SMARTS) is 1. The van der Waals surface area contributed by atoms with Gasteiger partial charge in [0.05, 0.1) is 0 Å². The van der Waals surface area contributed by atoms with E-state index in [-0.39, 0.29) is 17.2 Å². The first-order valence-electron chi connectivity index (χ1n) is 4.27. The summed E-state index contributed by atoms with van der Waals surface area (Å²) in [7, 11) is 0. The number of benzene rings is 1. The first kappa shape index (κ1) is 10.5. The second-order valence-corrected chi connectivity index (χ2v) is 3.48. The highest BCUT2D eigenvalue weighted by Gasteiger charge is 2.14. The van der Waals surface area contributed by atoms with E-state index in [1.165, 1.54) is 24.3 Å². The summed E-state index contributed by atoms with van der Waals surface area (Å²) in [6.45, 7) is 0. The molecule has 1 heterocycles. The van der Waals surface area contributed by atoms with Crippen molar-refractivity contribution >= 4 is 17.6 Å². The fraction of sp³-hybridized carbons (Fsp3) is 0. The average Bonchev–Trinajstić information content (AvgIpc) is 2.70. The summed E-state index contributed by atoms with van der Waals surface area (Å²) in [5, 5.41) is 22.1. The normalized spacial score (nSPS) is 10.3. The van der Waals surface area contributed by atoms with Crippen molar-refractivity contribution < 1.29 is 19.5 Å². The highest BCUT2D eigenvalue weighted by atomic mass is 35.5. The predicted octanol–water partition coefficient (Wildman–Crippen LogP) is 2.40. The van der Waals surface area contributed by atoms with Gasteiger partial charge in [0.2, 0.25) is 5.76 Å². The van der Waals surface area contributed by atoms with Gasteiger partial charge in [0.15, 0.2) is 0 Å². The molecule has 2 aromatic rings. The van der Waals surface area contributed by atoms with Gasteiger partial charge < -0.3 is 14.7 Å². The lowest BCUT2D eigenvalue weighted by Gasteiger charge is -1.99. The molecule has 82 valence electrons. The van der Waals surface area contributed by atoms with E-state index < -0.39 is 5.97 Å². The molecule has 0 unspecified atom stereocenters. The van der Waals surface area contributed by atoms with Crippen molar-refractivity contribution in [3.05, 3.63) is 35.0 Å². The minimum absolute atomic E-state index is 0.0466. The Morgan fingerprint density at radius 2 is 2.12 bits per heavy atom. The van der Waals surface area contributed by atoms with E-state index in [0.29, 0.717) is 10.6 Å². The number of phenols is 1. The van der Waals surface area contributed by atoms with Crippen molar-refractivity contribution in [2.75, 3.05) is 0 Å². The molecule has 5 nitrogen and oxygen atoms in total. The minimum Gasteiger partial charge on any atom is -0.507 e. The third-order valence-corrected chi connectivity index (χ3v) is 2.19. The van der Waals surface area contributed by atoms with Gasteiger partial charge >= 0.3 is 5.97 Å². The number of aromatic hydroxyl groups is 1. The number of hydrogen-bond acceptors (Lipinski definition) is 4. The molecule has 1 aromatic carbocycles. The van der Waals surface area contributed by atoms with E-state index in [4.69, 9.17) is 16.7 Å². The Labute approximate surface area is 94.9 Å². The first-order chi connectivity index (χ1) is 7.58. The minimum atomic E-state index is -1.22. The van der Waals surface area contributed by atoms with Gasteiger partial charge in [-0.05, 0) is 18.2 Å². The maximum Gasteiger partial charge on any atom is 0.374 e. The van der Waals surface area contributed by atoms with Gasteiger partial charge in [-0.2, -0.15) is 0 Å².